The Labute approximate surface area is 95.4 Å². The Balaban J connectivity index is 2.31. The van der Waals surface area contributed by atoms with E-state index >= 15 is 0 Å². The molecule has 0 nitrogen and oxygen atoms in total. The van der Waals surface area contributed by atoms with Crippen molar-refractivity contribution in [2.45, 2.75) is 44.9 Å². The standard InChI is InChI=1S/C13H16ClF/c1-9-7-8-11(13(15)12(9)14)10-5-3-2-4-6-10/h7-8,10H,2-6H2,1H3. The Bertz CT molecular complexity index is 354. The summed E-state index contributed by atoms with van der Waals surface area (Å²) in [6, 6.07) is 3.84. The van der Waals surface area contributed by atoms with Gasteiger partial charge in [0.05, 0.1) is 5.02 Å². The van der Waals surface area contributed by atoms with Crippen molar-refractivity contribution in [1.82, 2.24) is 0 Å². The molecule has 1 aromatic rings. The molecule has 2 rings (SSSR count). The zero-order valence-corrected chi connectivity index (χ0v) is 9.78. The van der Waals surface area contributed by atoms with Crippen LogP contribution in [0, 0.1) is 12.7 Å². The Morgan fingerprint density at radius 3 is 2.53 bits per heavy atom. The zero-order valence-electron chi connectivity index (χ0n) is 9.02. The first-order chi connectivity index (χ1) is 7.20. The number of aryl methyl sites for hydroxylation is 1. The molecule has 0 atom stereocenters. The molecule has 2 heteroatoms. The predicted molar refractivity (Wildman–Crippen MR) is 62.0 cm³/mol. The van der Waals surface area contributed by atoms with Crippen LogP contribution in [0.15, 0.2) is 12.1 Å². The molecular formula is C13H16ClF. The van der Waals surface area contributed by atoms with Crippen LogP contribution in [0.5, 0.6) is 0 Å². The van der Waals surface area contributed by atoms with Gasteiger partial charge in [-0.3, -0.25) is 0 Å². The molecule has 0 spiro atoms. The minimum atomic E-state index is -0.191. The van der Waals surface area contributed by atoms with E-state index < -0.39 is 0 Å². The van der Waals surface area contributed by atoms with Crippen LogP contribution in [0.4, 0.5) is 4.39 Å². The third-order valence-corrected chi connectivity index (χ3v) is 3.81. The summed E-state index contributed by atoms with van der Waals surface area (Å²) in [5.74, 6) is 0.195. The molecular weight excluding hydrogens is 211 g/mol. The monoisotopic (exact) mass is 226 g/mol. The molecule has 1 aliphatic carbocycles. The smallest absolute Gasteiger partial charge is 0.145 e. The molecule has 0 radical (unpaired) electrons. The van der Waals surface area contributed by atoms with Gasteiger partial charge in [0.1, 0.15) is 5.82 Å². The SMILES string of the molecule is Cc1ccc(C2CCCCC2)c(F)c1Cl. The van der Waals surface area contributed by atoms with Gasteiger partial charge in [-0.1, -0.05) is 43.0 Å². The van der Waals surface area contributed by atoms with Crippen molar-refractivity contribution < 1.29 is 4.39 Å². The lowest BCUT2D eigenvalue weighted by molar-refractivity contribution is 0.429. The van der Waals surface area contributed by atoms with Gasteiger partial charge >= 0.3 is 0 Å². The van der Waals surface area contributed by atoms with E-state index in [1.165, 1.54) is 19.3 Å². The number of hydrogen-bond donors (Lipinski definition) is 0. The van der Waals surface area contributed by atoms with Crippen LogP contribution in [0.3, 0.4) is 0 Å². The topological polar surface area (TPSA) is 0 Å². The van der Waals surface area contributed by atoms with E-state index in [1.54, 1.807) is 0 Å². The van der Waals surface area contributed by atoms with Gasteiger partial charge in [-0.05, 0) is 36.8 Å². The second-order valence-corrected chi connectivity index (χ2v) is 4.81. The quantitative estimate of drug-likeness (QED) is 0.643. The van der Waals surface area contributed by atoms with E-state index in [9.17, 15) is 4.39 Å². The second-order valence-electron chi connectivity index (χ2n) is 4.43. The summed E-state index contributed by atoms with van der Waals surface area (Å²) in [4.78, 5) is 0. The minimum Gasteiger partial charge on any atom is -0.205 e. The number of rotatable bonds is 1. The summed E-state index contributed by atoms with van der Waals surface area (Å²) in [5.41, 5.74) is 1.65. The van der Waals surface area contributed by atoms with Gasteiger partial charge in [-0.2, -0.15) is 0 Å². The number of hydrogen-bond acceptors (Lipinski definition) is 0. The molecule has 0 N–H and O–H groups in total. The molecule has 0 aliphatic heterocycles. The average Bonchev–Trinajstić information content (AvgIpc) is 2.27. The van der Waals surface area contributed by atoms with Crippen LogP contribution in [0.2, 0.25) is 5.02 Å². The summed E-state index contributed by atoms with van der Waals surface area (Å²) < 4.78 is 13.9. The molecule has 0 aromatic heterocycles. The number of benzene rings is 1. The van der Waals surface area contributed by atoms with Crippen LogP contribution < -0.4 is 0 Å². The lowest BCUT2D eigenvalue weighted by Gasteiger charge is -2.23. The van der Waals surface area contributed by atoms with E-state index in [-0.39, 0.29) is 5.82 Å². The van der Waals surface area contributed by atoms with Gasteiger partial charge < -0.3 is 0 Å². The Morgan fingerprint density at radius 1 is 1.20 bits per heavy atom. The molecule has 82 valence electrons. The lowest BCUT2D eigenvalue weighted by Crippen LogP contribution is -2.07. The first kappa shape index (κ1) is 10.9. The fraction of sp³-hybridized carbons (Fsp3) is 0.538. The van der Waals surface area contributed by atoms with Crippen LogP contribution in [0.25, 0.3) is 0 Å². The van der Waals surface area contributed by atoms with Gasteiger partial charge in [-0.25, -0.2) is 4.39 Å². The highest BCUT2D eigenvalue weighted by molar-refractivity contribution is 6.31. The van der Waals surface area contributed by atoms with Crippen molar-refractivity contribution in [3.8, 4) is 0 Å². The van der Waals surface area contributed by atoms with Gasteiger partial charge in [0.15, 0.2) is 0 Å². The maximum atomic E-state index is 13.9. The summed E-state index contributed by atoms with van der Waals surface area (Å²) in [5, 5.41) is 0.304. The molecule has 0 bridgehead atoms. The van der Waals surface area contributed by atoms with Crippen LogP contribution in [-0.2, 0) is 0 Å². The van der Waals surface area contributed by atoms with Gasteiger partial charge in [0.25, 0.3) is 0 Å². The second kappa shape index (κ2) is 4.52. The molecule has 0 heterocycles. The van der Waals surface area contributed by atoms with E-state index in [1.807, 2.05) is 19.1 Å². The van der Waals surface area contributed by atoms with E-state index in [4.69, 9.17) is 11.6 Å². The van der Waals surface area contributed by atoms with Crippen molar-refractivity contribution in [1.29, 1.82) is 0 Å². The van der Waals surface area contributed by atoms with E-state index in [0.717, 1.165) is 24.0 Å². The van der Waals surface area contributed by atoms with Gasteiger partial charge in [0, 0.05) is 0 Å². The molecule has 1 aromatic carbocycles. The van der Waals surface area contributed by atoms with E-state index in [0.29, 0.717) is 10.9 Å². The zero-order chi connectivity index (χ0) is 10.8. The van der Waals surface area contributed by atoms with Crippen molar-refractivity contribution >= 4 is 11.6 Å². The first-order valence-corrected chi connectivity index (χ1v) is 6.02. The van der Waals surface area contributed by atoms with Gasteiger partial charge in [0.2, 0.25) is 0 Å². The Morgan fingerprint density at radius 2 is 1.87 bits per heavy atom. The highest BCUT2D eigenvalue weighted by atomic mass is 35.5. The van der Waals surface area contributed by atoms with Crippen molar-refractivity contribution in [2.24, 2.45) is 0 Å². The van der Waals surface area contributed by atoms with E-state index in [2.05, 4.69) is 0 Å². The van der Waals surface area contributed by atoms with Gasteiger partial charge in [-0.15, -0.1) is 0 Å². The molecule has 0 amide bonds. The predicted octanol–water partition coefficient (Wildman–Crippen LogP) is 4.84. The average molecular weight is 227 g/mol. The van der Waals surface area contributed by atoms with Crippen LogP contribution in [0.1, 0.15) is 49.1 Å². The van der Waals surface area contributed by atoms with Crippen molar-refractivity contribution in [3.63, 3.8) is 0 Å². The molecule has 1 saturated carbocycles. The Kier molecular flexibility index (Phi) is 3.30. The highest BCUT2D eigenvalue weighted by Gasteiger charge is 2.20. The minimum absolute atomic E-state index is 0.191. The highest BCUT2D eigenvalue weighted by Crippen LogP contribution is 2.36. The van der Waals surface area contributed by atoms with Crippen LogP contribution in [-0.4, -0.2) is 0 Å². The summed E-state index contributed by atoms with van der Waals surface area (Å²) in [7, 11) is 0. The van der Waals surface area contributed by atoms with Crippen molar-refractivity contribution in [2.75, 3.05) is 0 Å². The summed E-state index contributed by atoms with van der Waals surface area (Å²) in [6.45, 7) is 1.84. The molecule has 0 unspecified atom stereocenters. The van der Waals surface area contributed by atoms with Crippen molar-refractivity contribution in [3.05, 3.63) is 34.1 Å². The maximum Gasteiger partial charge on any atom is 0.145 e. The normalized spacial score (nSPS) is 18.1. The lowest BCUT2D eigenvalue weighted by atomic mass is 9.83. The maximum absolute atomic E-state index is 13.9. The third-order valence-electron chi connectivity index (χ3n) is 3.35. The Hall–Kier alpha value is -0.560. The molecule has 1 fully saturated rings. The van der Waals surface area contributed by atoms with Crippen LogP contribution >= 0.6 is 11.6 Å². The first-order valence-electron chi connectivity index (χ1n) is 5.64. The fourth-order valence-electron chi connectivity index (χ4n) is 2.39. The number of halogens is 2. The molecule has 0 saturated heterocycles. The summed E-state index contributed by atoms with van der Waals surface area (Å²) in [6.07, 6.45) is 5.94. The summed E-state index contributed by atoms with van der Waals surface area (Å²) >= 11 is 5.93. The molecule has 1 aliphatic rings. The largest absolute Gasteiger partial charge is 0.205 e. The third kappa shape index (κ3) is 2.17. The molecule has 15 heavy (non-hydrogen) atoms. The fourth-order valence-corrected chi connectivity index (χ4v) is 2.56.